The van der Waals surface area contributed by atoms with Crippen LogP contribution in [0.1, 0.15) is 52.7 Å². The Labute approximate surface area is 141 Å². The Morgan fingerprint density at radius 2 is 1.29 bits per heavy atom. The van der Waals surface area contributed by atoms with Gasteiger partial charge in [0.2, 0.25) is 8.32 Å². The third-order valence-electron chi connectivity index (χ3n) is 3.19. The first kappa shape index (κ1) is 19.0. The lowest BCUT2D eigenvalue weighted by Gasteiger charge is -2.33. The number of benzene rings is 1. The Morgan fingerprint density at radius 1 is 0.905 bits per heavy atom. The Morgan fingerprint density at radius 3 is 1.52 bits per heavy atom. The van der Waals surface area contributed by atoms with E-state index < -0.39 is 8.32 Å². The highest BCUT2D eigenvalue weighted by molar-refractivity contribution is 8.68. The number of hydrogen-bond acceptors (Lipinski definition) is 3. The van der Waals surface area contributed by atoms with E-state index in [1.807, 2.05) is 0 Å². The van der Waals surface area contributed by atoms with Gasteiger partial charge in [-0.2, -0.15) is 0 Å². The van der Waals surface area contributed by atoms with E-state index in [2.05, 4.69) is 85.0 Å². The summed E-state index contributed by atoms with van der Waals surface area (Å²) in [5.74, 6) is 1.10. The van der Waals surface area contributed by atoms with E-state index in [0.717, 1.165) is 5.75 Å². The average Bonchev–Trinajstić information content (AvgIpc) is 2.23. The van der Waals surface area contributed by atoms with Gasteiger partial charge >= 0.3 is 0 Å². The van der Waals surface area contributed by atoms with Gasteiger partial charge in [-0.25, -0.2) is 0 Å². The molecule has 21 heavy (non-hydrogen) atoms. The van der Waals surface area contributed by atoms with E-state index in [0.29, 0.717) is 0 Å². The van der Waals surface area contributed by atoms with E-state index in [4.69, 9.17) is 4.43 Å². The Kier molecular flexibility index (Phi) is 5.61. The fourth-order valence-electron chi connectivity index (χ4n) is 2.19. The second-order valence-corrected chi connectivity index (χ2v) is 14.3. The molecule has 0 saturated heterocycles. The predicted octanol–water partition coefficient (Wildman–Crippen LogP) is 6.43. The Hall–Kier alpha value is -0.0631. The molecule has 120 valence electrons. The summed E-state index contributed by atoms with van der Waals surface area (Å²) in [5.41, 5.74) is 2.67. The summed E-state index contributed by atoms with van der Waals surface area (Å²) >= 11 is 4.40. The zero-order valence-electron chi connectivity index (χ0n) is 14.9. The maximum Gasteiger partial charge on any atom is 0.242 e. The molecule has 0 aliphatic rings. The molecule has 0 unspecified atom stereocenters. The van der Waals surface area contributed by atoms with Gasteiger partial charge in [-0.1, -0.05) is 52.3 Å². The summed E-state index contributed by atoms with van der Waals surface area (Å²) in [6.07, 6.45) is 0. The molecule has 0 aliphatic carbocycles. The summed E-state index contributed by atoms with van der Waals surface area (Å²) in [7, 11) is -0.166. The SMILES string of the molecule is CC(C)(C)c1cc(SS)cc(C(C)(C)C)c1O[Si](C)(C)C. The van der Waals surface area contributed by atoms with Crippen LogP contribution >= 0.6 is 22.5 Å². The quantitative estimate of drug-likeness (QED) is 0.385. The minimum atomic E-state index is -1.67. The molecule has 0 amide bonds. The zero-order valence-corrected chi connectivity index (χ0v) is 17.6. The van der Waals surface area contributed by atoms with Gasteiger partial charge in [0.1, 0.15) is 5.75 Å². The molecular formula is C17H30OS2Si. The van der Waals surface area contributed by atoms with Gasteiger partial charge in [0.05, 0.1) is 0 Å². The van der Waals surface area contributed by atoms with Crippen molar-refractivity contribution in [3.05, 3.63) is 23.3 Å². The smallest absolute Gasteiger partial charge is 0.242 e. The van der Waals surface area contributed by atoms with Crippen LogP contribution < -0.4 is 4.43 Å². The fraction of sp³-hybridized carbons (Fsp3) is 0.647. The van der Waals surface area contributed by atoms with Gasteiger partial charge in [-0.05, 0) is 53.7 Å². The maximum absolute atomic E-state index is 6.52. The van der Waals surface area contributed by atoms with E-state index in [9.17, 15) is 0 Å². The highest BCUT2D eigenvalue weighted by atomic mass is 33.1. The second kappa shape index (κ2) is 6.21. The molecule has 0 saturated carbocycles. The van der Waals surface area contributed by atoms with E-state index in [1.54, 1.807) is 0 Å². The molecule has 0 heterocycles. The minimum absolute atomic E-state index is 0.0501. The number of hydrogen-bond donors (Lipinski definition) is 1. The van der Waals surface area contributed by atoms with Crippen LogP contribution in [0.5, 0.6) is 5.75 Å². The normalized spacial score (nSPS) is 13.4. The lowest BCUT2D eigenvalue weighted by atomic mass is 9.79. The van der Waals surface area contributed by atoms with Crippen LogP contribution in [0.2, 0.25) is 19.6 Å². The largest absolute Gasteiger partial charge is 0.544 e. The van der Waals surface area contributed by atoms with Crippen molar-refractivity contribution in [1.29, 1.82) is 0 Å². The molecule has 1 aromatic carbocycles. The molecule has 1 nitrogen and oxygen atoms in total. The van der Waals surface area contributed by atoms with Crippen molar-refractivity contribution in [2.45, 2.75) is 76.9 Å². The molecule has 0 spiro atoms. The fourth-order valence-corrected chi connectivity index (χ4v) is 3.68. The maximum atomic E-state index is 6.52. The van der Waals surface area contributed by atoms with Gasteiger partial charge in [0, 0.05) is 4.90 Å². The van der Waals surface area contributed by atoms with Crippen molar-refractivity contribution in [2.24, 2.45) is 0 Å². The molecule has 0 aromatic heterocycles. The molecule has 0 aliphatic heterocycles. The highest BCUT2D eigenvalue weighted by Crippen LogP contribution is 2.43. The number of rotatable bonds is 3. The van der Waals surface area contributed by atoms with Crippen LogP contribution in [0.3, 0.4) is 0 Å². The van der Waals surface area contributed by atoms with Gasteiger partial charge < -0.3 is 4.43 Å². The molecule has 1 rings (SSSR count). The zero-order chi connectivity index (χ0) is 16.6. The van der Waals surface area contributed by atoms with Crippen molar-refractivity contribution >= 4 is 30.8 Å². The van der Waals surface area contributed by atoms with Crippen molar-refractivity contribution in [3.8, 4) is 5.75 Å². The van der Waals surface area contributed by atoms with E-state index in [-0.39, 0.29) is 10.8 Å². The highest BCUT2D eigenvalue weighted by Gasteiger charge is 2.30. The molecule has 4 heteroatoms. The van der Waals surface area contributed by atoms with E-state index in [1.165, 1.54) is 26.8 Å². The first-order valence-corrected chi connectivity index (χ1v) is 12.7. The molecule has 0 bridgehead atoms. The Bertz CT molecular complexity index is 470. The van der Waals surface area contributed by atoms with Crippen LogP contribution in [0, 0.1) is 0 Å². The predicted molar refractivity (Wildman–Crippen MR) is 103 cm³/mol. The first-order chi connectivity index (χ1) is 9.25. The first-order valence-electron chi connectivity index (χ1n) is 7.45. The topological polar surface area (TPSA) is 9.23 Å². The van der Waals surface area contributed by atoms with Crippen molar-refractivity contribution in [3.63, 3.8) is 0 Å². The molecule has 0 N–H and O–H groups in total. The van der Waals surface area contributed by atoms with Crippen LogP contribution in [0.4, 0.5) is 0 Å². The lowest BCUT2D eigenvalue weighted by molar-refractivity contribution is 0.476. The van der Waals surface area contributed by atoms with Crippen LogP contribution in [-0.4, -0.2) is 8.32 Å². The molecular weight excluding hydrogens is 312 g/mol. The third-order valence-corrected chi connectivity index (χ3v) is 5.09. The molecule has 0 atom stereocenters. The van der Waals surface area contributed by atoms with Gasteiger partial charge in [-0.3, -0.25) is 0 Å². The van der Waals surface area contributed by atoms with Crippen molar-refractivity contribution < 1.29 is 4.43 Å². The van der Waals surface area contributed by atoms with Crippen molar-refractivity contribution in [1.82, 2.24) is 0 Å². The van der Waals surface area contributed by atoms with Gasteiger partial charge in [-0.15, -0.1) is 11.7 Å². The third kappa shape index (κ3) is 5.26. The monoisotopic (exact) mass is 342 g/mol. The standard InChI is InChI=1S/C17H30OS2Si/c1-16(2,3)13-10-12(20-19)11-14(17(4,5)6)15(13)18-21(7,8)9/h10-11,19H,1-9H3. The molecule has 1 aromatic rings. The van der Waals surface area contributed by atoms with E-state index >= 15 is 0 Å². The van der Waals surface area contributed by atoms with Crippen LogP contribution in [0.15, 0.2) is 17.0 Å². The minimum Gasteiger partial charge on any atom is -0.544 e. The van der Waals surface area contributed by atoms with Crippen LogP contribution in [0.25, 0.3) is 0 Å². The van der Waals surface area contributed by atoms with Crippen LogP contribution in [-0.2, 0) is 10.8 Å². The molecule has 0 radical (unpaired) electrons. The molecule has 0 fully saturated rings. The van der Waals surface area contributed by atoms with Crippen molar-refractivity contribution in [2.75, 3.05) is 0 Å². The summed E-state index contributed by atoms with van der Waals surface area (Å²) in [6, 6.07) is 4.48. The van der Waals surface area contributed by atoms with Gasteiger partial charge in [0.15, 0.2) is 0 Å². The summed E-state index contributed by atoms with van der Waals surface area (Å²) in [4.78, 5) is 1.19. The second-order valence-electron chi connectivity index (χ2n) is 8.65. The summed E-state index contributed by atoms with van der Waals surface area (Å²) in [5, 5.41) is 0. The summed E-state index contributed by atoms with van der Waals surface area (Å²) in [6.45, 7) is 20.2. The lowest BCUT2D eigenvalue weighted by Crippen LogP contribution is -2.32. The summed E-state index contributed by atoms with van der Waals surface area (Å²) < 4.78 is 6.52. The number of thiol groups is 1. The van der Waals surface area contributed by atoms with Gasteiger partial charge in [0.25, 0.3) is 0 Å². The Balaban J connectivity index is 3.68. The average molecular weight is 343 g/mol.